The van der Waals surface area contributed by atoms with E-state index in [0.717, 1.165) is 43.3 Å². The Balaban J connectivity index is 1.52. The normalized spacial score (nSPS) is 21.2. The maximum atomic E-state index is 12.2. The lowest BCUT2D eigenvalue weighted by atomic mass is 9.93. The lowest BCUT2D eigenvalue weighted by Gasteiger charge is -2.43. The molecule has 1 fully saturated rings. The van der Waals surface area contributed by atoms with E-state index in [1.807, 2.05) is 18.2 Å². The van der Waals surface area contributed by atoms with E-state index in [9.17, 15) is 4.79 Å². The van der Waals surface area contributed by atoms with Crippen molar-refractivity contribution in [2.24, 2.45) is 5.92 Å². The Hall–Kier alpha value is -1.81. The first-order chi connectivity index (χ1) is 11.9. The molecule has 2 heterocycles. The fourth-order valence-corrected chi connectivity index (χ4v) is 3.70. The van der Waals surface area contributed by atoms with Gasteiger partial charge in [0.05, 0.1) is 6.61 Å². The first-order valence-corrected chi connectivity index (χ1v) is 9.41. The van der Waals surface area contributed by atoms with Crippen LogP contribution in [-0.4, -0.2) is 42.6 Å². The number of hydrogen-bond donors (Lipinski definition) is 1. The van der Waals surface area contributed by atoms with Gasteiger partial charge in [-0.2, -0.15) is 0 Å². The first-order valence-electron chi connectivity index (χ1n) is 9.41. The Morgan fingerprint density at radius 1 is 1.44 bits per heavy atom. The molecule has 3 rings (SSSR count). The Bertz CT molecular complexity index is 651. The van der Waals surface area contributed by atoms with Gasteiger partial charge in [-0.25, -0.2) is 0 Å². The van der Waals surface area contributed by atoms with Gasteiger partial charge in [-0.15, -0.1) is 0 Å². The van der Waals surface area contributed by atoms with E-state index in [1.165, 1.54) is 18.4 Å². The molecule has 1 atom stereocenters. The molecule has 25 heavy (non-hydrogen) atoms. The van der Waals surface area contributed by atoms with Crippen molar-refractivity contribution in [1.29, 1.82) is 0 Å². The smallest absolute Gasteiger partial charge is 0.244 e. The van der Waals surface area contributed by atoms with Gasteiger partial charge in [0.15, 0.2) is 0 Å². The molecular weight excluding hydrogens is 312 g/mol. The molecule has 1 saturated heterocycles. The van der Waals surface area contributed by atoms with E-state index in [1.54, 1.807) is 6.08 Å². The highest BCUT2D eigenvalue weighted by atomic mass is 16.5. The van der Waals surface area contributed by atoms with Crippen LogP contribution in [0.3, 0.4) is 0 Å². The van der Waals surface area contributed by atoms with Crippen molar-refractivity contribution >= 4 is 12.0 Å². The minimum absolute atomic E-state index is 0.0108. The topological polar surface area (TPSA) is 41.6 Å². The molecule has 1 unspecified atom stereocenters. The molecule has 0 spiro atoms. The molecule has 2 aliphatic rings. The maximum Gasteiger partial charge on any atom is 0.244 e. The van der Waals surface area contributed by atoms with Crippen LogP contribution < -0.4 is 10.1 Å². The fraction of sp³-hybridized carbons (Fsp3) is 0.571. The lowest BCUT2D eigenvalue weighted by molar-refractivity contribution is -0.117. The molecule has 1 amide bonds. The standard InChI is InChI=1S/C21H30N2O2/c1-16-5-4-11-23(14-16)21(2,3)15-22-20(24)9-7-17-6-8-19-18(13-17)10-12-25-19/h6-9,13,16H,4-5,10-12,14-15H2,1-3H3,(H,22,24). The molecule has 0 aromatic heterocycles. The predicted molar refractivity (Wildman–Crippen MR) is 102 cm³/mol. The number of amides is 1. The van der Waals surface area contributed by atoms with Crippen molar-refractivity contribution in [2.75, 3.05) is 26.2 Å². The number of benzene rings is 1. The molecule has 4 nitrogen and oxygen atoms in total. The Morgan fingerprint density at radius 2 is 2.28 bits per heavy atom. The Morgan fingerprint density at radius 3 is 3.08 bits per heavy atom. The number of carbonyl (C=O) groups excluding carboxylic acids is 1. The molecule has 136 valence electrons. The van der Waals surface area contributed by atoms with Gasteiger partial charge in [0, 0.05) is 31.1 Å². The summed E-state index contributed by atoms with van der Waals surface area (Å²) in [7, 11) is 0. The number of nitrogens with one attached hydrogen (secondary N) is 1. The molecule has 1 aromatic rings. The largest absolute Gasteiger partial charge is 0.493 e. The minimum Gasteiger partial charge on any atom is -0.493 e. The van der Waals surface area contributed by atoms with Crippen LogP contribution in [0.15, 0.2) is 24.3 Å². The summed E-state index contributed by atoms with van der Waals surface area (Å²) in [6, 6.07) is 6.08. The van der Waals surface area contributed by atoms with Crippen LogP contribution in [0.25, 0.3) is 6.08 Å². The molecule has 4 heteroatoms. The van der Waals surface area contributed by atoms with Crippen LogP contribution in [0.4, 0.5) is 0 Å². The van der Waals surface area contributed by atoms with E-state index in [0.29, 0.717) is 6.54 Å². The highest BCUT2D eigenvalue weighted by Gasteiger charge is 2.30. The molecule has 0 radical (unpaired) electrons. The average Bonchev–Trinajstić information content (AvgIpc) is 3.06. The van der Waals surface area contributed by atoms with Crippen LogP contribution in [0, 0.1) is 5.92 Å². The lowest BCUT2D eigenvalue weighted by Crippen LogP contribution is -2.54. The number of likely N-dealkylation sites (tertiary alicyclic amines) is 1. The molecule has 2 aliphatic heterocycles. The number of fused-ring (bicyclic) bond motifs is 1. The summed E-state index contributed by atoms with van der Waals surface area (Å²) in [4.78, 5) is 14.7. The second kappa shape index (κ2) is 7.61. The fourth-order valence-electron chi connectivity index (χ4n) is 3.70. The van der Waals surface area contributed by atoms with Crippen molar-refractivity contribution in [3.8, 4) is 5.75 Å². The summed E-state index contributed by atoms with van der Waals surface area (Å²) >= 11 is 0. The van der Waals surface area contributed by atoms with Gasteiger partial charge in [0.2, 0.25) is 5.91 Å². The SMILES string of the molecule is CC1CCCN(C(C)(C)CNC(=O)C=Cc2ccc3c(c2)CCO3)C1. The third-order valence-corrected chi connectivity index (χ3v) is 5.35. The molecule has 0 saturated carbocycles. The number of piperidine rings is 1. The van der Waals surface area contributed by atoms with Gasteiger partial charge in [-0.3, -0.25) is 9.69 Å². The minimum atomic E-state index is -0.0325. The highest BCUT2D eigenvalue weighted by molar-refractivity contribution is 5.91. The Labute approximate surface area is 151 Å². The van der Waals surface area contributed by atoms with Crippen molar-refractivity contribution in [2.45, 2.75) is 45.6 Å². The van der Waals surface area contributed by atoms with Gasteiger partial charge in [-0.1, -0.05) is 13.0 Å². The van der Waals surface area contributed by atoms with Gasteiger partial charge in [-0.05, 0) is 68.5 Å². The number of nitrogens with zero attached hydrogens (tertiary/aromatic N) is 1. The second-order valence-electron chi connectivity index (χ2n) is 8.02. The second-order valence-corrected chi connectivity index (χ2v) is 8.02. The summed E-state index contributed by atoms with van der Waals surface area (Å²) in [5.74, 6) is 1.68. The van der Waals surface area contributed by atoms with Crippen LogP contribution in [0.5, 0.6) is 5.75 Å². The number of rotatable bonds is 5. The third kappa shape index (κ3) is 4.63. The van der Waals surface area contributed by atoms with Crippen LogP contribution in [-0.2, 0) is 11.2 Å². The molecule has 1 N–H and O–H groups in total. The summed E-state index contributed by atoms with van der Waals surface area (Å²) in [5.41, 5.74) is 2.26. The number of ether oxygens (including phenoxy) is 1. The number of hydrogen-bond acceptors (Lipinski definition) is 3. The first kappa shape index (κ1) is 18.0. The summed E-state index contributed by atoms with van der Waals surface area (Å²) in [5, 5.41) is 3.07. The molecular formula is C21H30N2O2. The van der Waals surface area contributed by atoms with Gasteiger partial charge in [0.1, 0.15) is 5.75 Å². The summed E-state index contributed by atoms with van der Waals surface area (Å²) in [6.45, 7) is 10.4. The number of carbonyl (C=O) groups is 1. The molecule has 0 bridgehead atoms. The molecule has 0 aliphatic carbocycles. The van der Waals surface area contributed by atoms with Crippen molar-refractivity contribution < 1.29 is 9.53 Å². The van der Waals surface area contributed by atoms with Crippen molar-refractivity contribution in [3.05, 3.63) is 35.4 Å². The third-order valence-electron chi connectivity index (χ3n) is 5.35. The van der Waals surface area contributed by atoms with Crippen LogP contribution >= 0.6 is 0 Å². The van der Waals surface area contributed by atoms with E-state index >= 15 is 0 Å². The zero-order valence-electron chi connectivity index (χ0n) is 15.7. The van der Waals surface area contributed by atoms with E-state index in [-0.39, 0.29) is 11.4 Å². The summed E-state index contributed by atoms with van der Waals surface area (Å²) in [6.07, 6.45) is 7.02. The zero-order chi connectivity index (χ0) is 17.9. The van der Waals surface area contributed by atoms with Gasteiger partial charge >= 0.3 is 0 Å². The van der Waals surface area contributed by atoms with Crippen LogP contribution in [0.1, 0.15) is 44.7 Å². The van der Waals surface area contributed by atoms with E-state index in [4.69, 9.17) is 4.74 Å². The van der Waals surface area contributed by atoms with Gasteiger partial charge in [0.25, 0.3) is 0 Å². The monoisotopic (exact) mass is 342 g/mol. The van der Waals surface area contributed by atoms with Gasteiger partial charge < -0.3 is 10.1 Å². The maximum absolute atomic E-state index is 12.2. The zero-order valence-corrected chi connectivity index (χ0v) is 15.7. The van der Waals surface area contributed by atoms with E-state index in [2.05, 4.69) is 37.1 Å². The van der Waals surface area contributed by atoms with Crippen molar-refractivity contribution in [3.63, 3.8) is 0 Å². The quantitative estimate of drug-likeness (QED) is 0.835. The predicted octanol–water partition coefficient (Wildman–Crippen LogP) is 3.26. The van der Waals surface area contributed by atoms with Crippen LogP contribution in [0.2, 0.25) is 0 Å². The Kier molecular flexibility index (Phi) is 5.48. The van der Waals surface area contributed by atoms with Crippen molar-refractivity contribution in [1.82, 2.24) is 10.2 Å². The van der Waals surface area contributed by atoms with E-state index < -0.39 is 0 Å². The summed E-state index contributed by atoms with van der Waals surface area (Å²) < 4.78 is 5.51. The molecule has 1 aromatic carbocycles. The highest BCUT2D eigenvalue weighted by Crippen LogP contribution is 2.26. The average molecular weight is 342 g/mol.